The van der Waals surface area contributed by atoms with E-state index in [1.54, 1.807) is 13.2 Å². The molecule has 98 valence electrons. The van der Waals surface area contributed by atoms with Crippen LogP contribution in [0.3, 0.4) is 0 Å². The average Bonchev–Trinajstić information content (AvgIpc) is 2.35. The Labute approximate surface area is 108 Å². The highest BCUT2D eigenvalue weighted by Gasteiger charge is 2.51. The van der Waals surface area contributed by atoms with E-state index in [9.17, 15) is 4.39 Å². The Morgan fingerprint density at radius 3 is 2.94 bits per heavy atom. The molecule has 0 radical (unpaired) electrons. The monoisotopic (exact) mass is 249 g/mol. The normalized spacial score (nSPS) is 35.4. The molecule has 1 saturated heterocycles. The van der Waals surface area contributed by atoms with Gasteiger partial charge in [0.05, 0.1) is 6.10 Å². The van der Waals surface area contributed by atoms with Crippen molar-refractivity contribution in [3.8, 4) is 0 Å². The molecule has 1 spiro atoms. The van der Waals surface area contributed by atoms with Crippen LogP contribution < -0.4 is 5.32 Å². The van der Waals surface area contributed by atoms with Gasteiger partial charge in [-0.3, -0.25) is 0 Å². The van der Waals surface area contributed by atoms with Crippen molar-refractivity contribution >= 4 is 0 Å². The Balaban J connectivity index is 1.85. The number of methoxy groups -OCH3 is 1. The molecule has 0 bridgehead atoms. The summed E-state index contributed by atoms with van der Waals surface area (Å²) in [6, 6.07) is 7.09. The van der Waals surface area contributed by atoms with Gasteiger partial charge in [-0.1, -0.05) is 12.1 Å². The number of halogens is 1. The van der Waals surface area contributed by atoms with E-state index in [1.807, 2.05) is 6.07 Å². The Kier molecular flexibility index (Phi) is 3.12. The average molecular weight is 249 g/mol. The van der Waals surface area contributed by atoms with Crippen molar-refractivity contribution in [3.63, 3.8) is 0 Å². The molecule has 1 aromatic rings. The third-order valence-electron chi connectivity index (χ3n) is 4.74. The van der Waals surface area contributed by atoms with Gasteiger partial charge in [-0.2, -0.15) is 0 Å². The molecule has 1 aromatic carbocycles. The summed E-state index contributed by atoms with van der Waals surface area (Å²) in [6.45, 7) is 2.03. The molecule has 1 N–H and O–H groups in total. The molecule has 0 amide bonds. The summed E-state index contributed by atoms with van der Waals surface area (Å²) < 4.78 is 18.8. The maximum atomic E-state index is 13.4. The number of hydrogen-bond donors (Lipinski definition) is 1. The topological polar surface area (TPSA) is 21.3 Å². The summed E-state index contributed by atoms with van der Waals surface area (Å²) in [5.74, 6) is 0.296. The molecule has 1 atom stereocenters. The van der Waals surface area contributed by atoms with Crippen molar-refractivity contribution in [2.45, 2.75) is 31.3 Å². The van der Waals surface area contributed by atoms with Gasteiger partial charge in [-0.15, -0.1) is 0 Å². The van der Waals surface area contributed by atoms with Gasteiger partial charge < -0.3 is 10.1 Å². The lowest BCUT2D eigenvalue weighted by atomic mass is 9.55. The first-order valence-corrected chi connectivity index (χ1v) is 6.72. The van der Waals surface area contributed by atoms with Crippen molar-refractivity contribution in [1.29, 1.82) is 0 Å². The second-order valence-corrected chi connectivity index (χ2v) is 5.69. The first-order valence-electron chi connectivity index (χ1n) is 6.72. The Bertz CT molecular complexity index is 428. The van der Waals surface area contributed by atoms with Crippen LogP contribution in [-0.4, -0.2) is 26.3 Å². The standard InChI is InChI=1S/C15H20FNO/c1-18-13-8-15(9-13)5-6-17-10-14(15)11-3-2-4-12(16)7-11/h2-4,7,13-14,17H,5-6,8-10H2,1H3. The Morgan fingerprint density at radius 2 is 2.22 bits per heavy atom. The lowest BCUT2D eigenvalue weighted by Gasteiger charge is -2.54. The van der Waals surface area contributed by atoms with Crippen LogP contribution in [0.2, 0.25) is 0 Å². The van der Waals surface area contributed by atoms with Crippen LogP contribution in [0.15, 0.2) is 24.3 Å². The van der Waals surface area contributed by atoms with Gasteiger partial charge in [0.2, 0.25) is 0 Å². The van der Waals surface area contributed by atoms with E-state index in [4.69, 9.17) is 4.74 Å². The zero-order valence-corrected chi connectivity index (χ0v) is 10.8. The number of nitrogens with one attached hydrogen (secondary N) is 1. The number of benzene rings is 1. The molecule has 18 heavy (non-hydrogen) atoms. The van der Waals surface area contributed by atoms with E-state index >= 15 is 0 Å². The smallest absolute Gasteiger partial charge is 0.123 e. The maximum Gasteiger partial charge on any atom is 0.123 e. The van der Waals surface area contributed by atoms with E-state index in [1.165, 1.54) is 12.5 Å². The molecule has 1 aliphatic carbocycles. The molecule has 1 heterocycles. The van der Waals surface area contributed by atoms with Gasteiger partial charge in [0.25, 0.3) is 0 Å². The SMILES string of the molecule is COC1CC2(CCNCC2c2cccc(F)c2)C1. The third kappa shape index (κ3) is 1.95. The molecule has 3 heteroatoms. The Hall–Kier alpha value is -0.930. The second-order valence-electron chi connectivity index (χ2n) is 5.69. The molecule has 2 aliphatic rings. The van der Waals surface area contributed by atoms with Crippen LogP contribution in [0.4, 0.5) is 4.39 Å². The van der Waals surface area contributed by atoms with Gasteiger partial charge in [-0.05, 0) is 48.9 Å². The van der Waals surface area contributed by atoms with E-state index in [0.717, 1.165) is 31.5 Å². The first kappa shape index (κ1) is 12.1. The number of piperidine rings is 1. The summed E-state index contributed by atoms with van der Waals surface area (Å²) >= 11 is 0. The molecule has 1 aliphatic heterocycles. The van der Waals surface area contributed by atoms with Crippen LogP contribution in [0.5, 0.6) is 0 Å². The van der Waals surface area contributed by atoms with Crippen molar-refractivity contribution in [3.05, 3.63) is 35.6 Å². The largest absolute Gasteiger partial charge is 0.381 e. The van der Waals surface area contributed by atoms with Gasteiger partial charge in [0.1, 0.15) is 5.82 Å². The first-order chi connectivity index (χ1) is 8.73. The van der Waals surface area contributed by atoms with Crippen LogP contribution in [0.1, 0.15) is 30.7 Å². The summed E-state index contributed by atoms with van der Waals surface area (Å²) in [4.78, 5) is 0. The van der Waals surface area contributed by atoms with Gasteiger partial charge >= 0.3 is 0 Å². The molecule has 1 saturated carbocycles. The highest BCUT2D eigenvalue weighted by atomic mass is 19.1. The van der Waals surface area contributed by atoms with Crippen molar-refractivity contribution in [1.82, 2.24) is 5.32 Å². The molecule has 1 unspecified atom stereocenters. The van der Waals surface area contributed by atoms with E-state index in [0.29, 0.717) is 17.4 Å². The van der Waals surface area contributed by atoms with Crippen molar-refractivity contribution in [2.24, 2.45) is 5.41 Å². The fraction of sp³-hybridized carbons (Fsp3) is 0.600. The fourth-order valence-electron chi connectivity index (χ4n) is 3.67. The zero-order chi connectivity index (χ0) is 12.6. The molecular weight excluding hydrogens is 229 g/mol. The molecule has 3 rings (SSSR count). The number of rotatable bonds is 2. The second kappa shape index (κ2) is 4.63. The van der Waals surface area contributed by atoms with Crippen molar-refractivity contribution in [2.75, 3.05) is 20.2 Å². The lowest BCUT2D eigenvalue weighted by molar-refractivity contribution is -0.0851. The predicted molar refractivity (Wildman–Crippen MR) is 69.1 cm³/mol. The van der Waals surface area contributed by atoms with Gasteiger partial charge in [0, 0.05) is 19.6 Å². The number of ether oxygens (including phenoxy) is 1. The summed E-state index contributed by atoms with van der Waals surface area (Å²) in [5.41, 5.74) is 1.47. The quantitative estimate of drug-likeness (QED) is 0.870. The Morgan fingerprint density at radius 1 is 1.39 bits per heavy atom. The lowest BCUT2D eigenvalue weighted by Crippen LogP contribution is -2.53. The van der Waals surface area contributed by atoms with Crippen molar-refractivity contribution < 1.29 is 9.13 Å². The van der Waals surface area contributed by atoms with E-state index in [2.05, 4.69) is 11.4 Å². The minimum atomic E-state index is -0.129. The van der Waals surface area contributed by atoms with E-state index in [-0.39, 0.29) is 5.82 Å². The maximum absolute atomic E-state index is 13.4. The van der Waals surface area contributed by atoms with E-state index < -0.39 is 0 Å². The minimum Gasteiger partial charge on any atom is -0.381 e. The van der Waals surface area contributed by atoms with Crippen LogP contribution in [-0.2, 0) is 4.74 Å². The molecular formula is C15H20FNO. The highest BCUT2D eigenvalue weighted by molar-refractivity contribution is 5.26. The molecule has 2 nitrogen and oxygen atoms in total. The zero-order valence-electron chi connectivity index (χ0n) is 10.8. The van der Waals surface area contributed by atoms with Crippen LogP contribution in [0.25, 0.3) is 0 Å². The number of hydrogen-bond acceptors (Lipinski definition) is 2. The third-order valence-corrected chi connectivity index (χ3v) is 4.74. The molecule has 2 fully saturated rings. The van der Waals surface area contributed by atoms with Gasteiger partial charge in [0.15, 0.2) is 0 Å². The summed E-state index contributed by atoms with van der Waals surface area (Å²) in [5, 5.41) is 3.45. The highest BCUT2D eigenvalue weighted by Crippen LogP contribution is 2.55. The molecule has 0 aromatic heterocycles. The van der Waals surface area contributed by atoms with Gasteiger partial charge in [-0.25, -0.2) is 4.39 Å². The minimum absolute atomic E-state index is 0.129. The fourth-order valence-corrected chi connectivity index (χ4v) is 3.67. The summed E-state index contributed by atoms with van der Waals surface area (Å²) in [6.07, 6.45) is 3.81. The predicted octanol–water partition coefficient (Wildman–Crippen LogP) is 2.70. The van der Waals surface area contributed by atoms with Crippen LogP contribution in [0, 0.1) is 11.2 Å². The summed E-state index contributed by atoms with van der Waals surface area (Å²) in [7, 11) is 1.79. The van der Waals surface area contributed by atoms with Crippen LogP contribution >= 0.6 is 0 Å².